The predicted octanol–water partition coefficient (Wildman–Crippen LogP) is 4.39. The van der Waals surface area contributed by atoms with Gasteiger partial charge in [0.05, 0.1) is 24.8 Å². The van der Waals surface area contributed by atoms with Crippen molar-refractivity contribution < 1.29 is 19.2 Å². The molecule has 1 heterocycles. The number of non-ortho nitro benzene ring substituents is 1. The number of benzene rings is 2. The van der Waals surface area contributed by atoms with Crippen molar-refractivity contribution in [3.63, 3.8) is 0 Å². The summed E-state index contributed by atoms with van der Waals surface area (Å²) in [6, 6.07) is 11.3. The minimum Gasteiger partial charge on any atom is -0.497 e. The zero-order chi connectivity index (χ0) is 20.8. The maximum atomic E-state index is 12.1. The van der Waals surface area contributed by atoms with Gasteiger partial charge in [0.25, 0.3) is 5.69 Å². The first-order chi connectivity index (χ1) is 14.0. The van der Waals surface area contributed by atoms with Gasteiger partial charge in [-0.1, -0.05) is 0 Å². The fourth-order valence-electron chi connectivity index (χ4n) is 2.50. The van der Waals surface area contributed by atoms with E-state index in [4.69, 9.17) is 9.47 Å². The van der Waals surface area contributed by atoms with Gasteiger partial charge in [0.1, 0.15) is 11.5 Å². The molecule has 0 aliphatic rings. The smallest absolute Gasteiger partial charge is 0.269 e. The highest BCUT2D eigenvalue weighted by Crippen LogP contribution is 2.35. The van der Waals surface area contributed by atoms with Crippen LogP contribution in [0.4, 0.5) is 10.8 Å². The van der Waals surface area contributed by atoms with E-state index in [9.17, 15) is 14.9 Å². The molecule has 148 valence electrons. The van der Waals surface area contributed by atoms with E-state index < -0.39 is 4.92 Å². The Balaban J connectivity index is 1.70. The van der Waals surface area contributed by atoms with Gasteiger partial charge in [-0.25, -0.2) is 4.98 Å². The molecule has 3 aromatic rings. The summed E-state index contributed by atoms with van der Waals surface area (Å²) >= 11 is 1.28. The Morgan fingerprint density at radius 3 is 2.59 bits per heavy atom. The fraction of sp³-hybridized carbons (Fsp3) is 0.100. The van der Waals surface area contributed by atoms with Crippen molar-refractivity contribution in [1.82, 2.24) is 4.98 Å². The van der Waals surface area contributed by atoms with Gasteiger partial charge in [-0.05, 0) is 42.0 Å². The summed E-state index contributed by atoms with van der Waals surface area (Å²) in [5.74, 6) is 0.958. The van der Waals surface area contributed by atoms with Crippen LogP contribution in [0.25, 0.3) is 17.3 Å². The lowest BCUT2D eigenvalue weighted by molar-refractivity contribution is -0.384. The number of carbonyl (C=O) groups excluding carboxylic acids is 1. The first-order valence-electron chi connectivity index (χ1n) is 8.41. The largest absolute Gasteiger partial charge is 0.497 e. The number of anilines is 1. The minimum atomic E-state index is -0.475. The van der Waals surface area contributed by atoms with Gasteiger partial charge in [0.2, 0.25) is 5.91 Å². The van der Waals surface area contributed by atoms with Crippen LogP contribution in [0.1, 0.15) is 5.56 Å². The van der Waals surface area contributed by atoms with Crippen LogP contribution in [-0.2, 0) is 4.79 Å². The average Bonchev–Trinajstić information content (AvgIpc) is 3.20. The molecule has 2 aromatic carbocycles. The molecule has 29 heavy (non-hydrogen) atoms. The maximum Gasteiger partial charge on any atom is 0.269 e. The van der Waals surface area contributed by atoms with Gasteiger partial charge in [-0.15, -0.1) is 11.3 Å². The highest BCUT2D eigenvalue weighted by atomic mass is 32.1. The molecule has 0 aliphatic carbocycles. The molecule has 0 saturated heterocycles. The normalized spacial score (nSPS) is 10.7. The van der Waals surface area contributed by atoms with E-state index in [2.05, 4.69) is 10.3 Å². The van der Waals surface area contributed by atoms with Crippen molar-refractivity contribution in [2.45, 2.75) is 0 Å². The van der Waals surface area contributed by atoms with Crippen LogP contribution in [0.15, 0.2) is 53.9 Å². The lowest BCUT2D eigenvalue weighted by Crippen LogP contribution is -2.07. The van der Waals surface area contributed by atoms with Gasteiger partial charge < -0.3 is 9.47 Å². The molecule has 9 heteroatoms. The summed E-state index contributed by atoms with van der Waals surface area (Å²) in [5.41, 5.74) is 2.08. The number of amides is 1. The van der Waals surface area contributed by atoms with E-state index in [1.54, 1.807) is 44.6 Å². The molecule has 0 radical (unpaired) electrons. The number of ether oxygens (including phenoxy) is 2. The summed E-state index contributed by atoms with van der Waals surface area (Å²) in [5, 5.41) is 15.6. The van der Waals surface area contributed by atoms with Crippen LogP contribution in [-0.4, -0.2) is 30.0 Å². The molecule has 3 rings (SSSR count). The van der Waals surface area contributed by atoms with Crippen molar-refractivity contribution >= 4 is 34.1 Å². The number of carbonyl (C=O) groups is 1. The molecule has 0 fully saturated rings. The highest BCUT2D eigenvalue weighted by Gasteiger charge is 2.12. The Labute approximate surface area is 170 Å². The van der Waals surface area contributed by atoms with E-state index in [1.165, 1.54) is 29.5 Å². The van der Waals surface area contributed by atoms with Crippen molar-refractivity contribution in [2.75, 3.05) is 19.5 Å². The number of nitro groups is 1. The van der Waals surface area contributed by atoms with E-state index in [0.29, 0.717) is 27.9 Å². The van der Waals surface area contributed by atoms with E-state index in [0.717, 1.165) is 5.56 Å². The number of thiazole rings is 1. The van der Waals surface area contributed by atoms with Crippen molar-refractivity contribution in [2.24, 2.45) is 0 Å². The molecular weight excluding hydrogens is 394 g/mol. The summed E-state index contributed by atoms with van der Waals surface area (Å²) in [6.07, 6.45) is 2.91. The lowest BCUT2D eigenvalue weighted by Gasteiger charge is -2.08. The maximum absolute atomic E-state index is 12.1. The van der Waals surface area contributed by atoms with Gasteiger partial charge in [0, 0.05) is 29.2 Å². The lowest BCUT2D eigenvalue weighted by atomic mass is 10.1. The Bertz CT molecular complexity index is 1060. The number of rotatable bonds is 7. The van der Waals surface area contributed by atoms with E-state index in [1.807, 2.05) is 11.4 Å². The zero-order valence-electron chi connectivity index (χ0n) is 15.6. The third-order valence-corrected chi connectivity index (χ3v) is 4.71. The number of hydrogen-bond donors (Lipinski definition) is 1. The predicted molar refractivity (Wildman–Crippen MR) is 111 cm³/mol. The van der Waals surface area contributed by atoms with Gasteiger partial charge in [-0.3, -0.25) is 20.2 Å². The van der Waals surface area contributed by atoms with E-state index >= 15 is 0 Å². The van der Waals surface area contributed by atoms with Gasteiger partial charge in [0.15, 0.2) is 5.13 Å². The first kappa shape index (κ1) is 20.0. The van der Waals surface area contributed by atoms with Crippen LogP contribution in [0.5, 0.6) is 11.5 Å². The summed E-state index contributed by atoms with van der Waals surface area (Å²) in [7, 11) is 3.15. The first-order valence-corrected chi connectivity index (χ1v) is 9.29. The minimum absolute atomic E-state index is 0.00473. The highest BCUT2D eigenvalue weighted by molar-refractivity contribution is 7.14. The molecule has 0 saturated carbocycles. The molecule has 1 aromatic heterocycles. The molecule has 0 spiro atoms. The molecular formula is C20H17N3O5S. The van der Waals surface area contributed by atoms with Crippen LogP contribution < -0.4 is 14.8 Å². The van der Waals surface area contributed by atoms with Crippen LogP contribution in [0.2, 0.25) is 0 Å². The molecule has 0 bridgehead atoms. The fourth-order valence-corrected chi connectivity index (χ4v) is 3.21. The second kappa shape index (κ2) is 8.98. The van der Waals surface area contributed by atoms with E-state index in [-0.39, 0.29) is 11.6 Å². The molecule has 1 N–H and O–H groups in total. The van der Waals surface area contributed by atoms with Crippen molar-refractivity contribution in [1.29, 1.82) is 0 Å². The van der Waals surface area contributed by atoms with Gasteiger partial charge in [-0.2, -0.15) is 0 Å². The van der Waals surface area contributed by atoms with Crippen molar-refractivity contribution in [3.05, 3.63) is 69.6 Å². The number of nitrogens with zero attached hydrogens (tertiary/aromatic N) is 2. The summed E-state index contributed by atoms with van der Waals surface area (Å²) in [6.45, 7) is 0. The van der Waals surface area contributed by atoms with Crippen LogP contribution in [0.3, 0.4) is 0 Å². The Morgan fingerprint density at radius 2 is 1.93 bits per heavy atom. The third-order valence-electron chi connectivity index (χ3n) is 3.95. The molecule has 8 nitrogen and oxygen atoms in total. The second-order valence-corrected chi connectivity index (χ2v) is 6.63. The monoisotopic (exact) mass is 411 g/mol. The Morgan fingerprint density at radius 1 is 1.17 bits per heavy atom. The van der Waals surface area contributed by atoms with Crippen molar-refractivity contribution in [3.8, 4) is 22.8 Å². The second-order valence-electron chi connectivity index (χ2n) is 5.78. The number of aromatic nitrogens is 1. The Kier molecular flexibility index (Phi) is 6.20. The third kappa shape index (κ3) is 4.96. The topological polar surface area (TPSA) is 104 Å². The molecule has 0 atom stereocenters. The quantitative estimate of drug-likeness (QED) is 0.351. The summed E-state index contributed by atoms with van der Waals surface area (Å²) < 4.78 is 10.6. The standard InChI is InChI=1S/C20H17N3O5S/c1-27-15-8-9-18(28-2)16(11-15)17-12-29-20(21-17)22-19(24)10-5-13-3-6-14(7-4-13)23(25)26/h3-12H,1-2H3,(H,21,22,24). The zero-order valence-corrected chi connectivity index (χ0v) is 16.4. The van der Waals surface area contributed by atoms with Crippen LogP contribution >= 0.6 is 11.3 Å². The summed E-state index contributed by atoms with van der Waals surface area (Å²) in [4.78, 5) is 26.8. The average molecular weight is 411 g/mol. The van der Waals surface area contributed by atoms with Crippen LogP contribution in [0, 0.1) is 10.1 Å². The molecule has 1 amide bonds. The number of nitro benzene ring substituents is 1. The number of nitrogens with one attached hydrogen (secondary N) is 1. The number of hydrogen-bond acceptors (Lipinski definition) is 7. The molecule has 0 aliphatic heterocycles. The van der Waals surface area contributed by atoms with Gasteiger partial charge >= 0.3 is 0 Å². The molecule has 0 unspecified atom stereocenters. The Hall–Kier alpha value is -3.72. The number of methoxy groups -OCH3 is 2. The SMILES string of the molecule is COc1ccc(OC)c(-c2csc(NC(=O)C=Cc3ccc([N+](=O)[O-])cc3)n2)c1.